The maximum Gasteiger partial charge on any atom is 0.350 e. The van der Waals surface area contributed by atoms with Gasteiger partial charge in [0.2, 0.25) is 0 Å². The Morgan fingerprint density at radius 1 is 1.73 bits per heavy atom. The predicted molar refractivity (Wildman–Crippen MR) is 56.4 cm³/mol. The molecule has 86 valence electrons. The Labute approximate surface area is 92.8 Å². The van der Waals surface area contributed by atoms with E-state index in [-0.39, 0.29) is 24.0 Å². The average molecular weight is 237 g/mol. The van der Waals surface area contributed by atoms with Crippen molar-refractivity contribution < 1.29 is 9.66 Å². The van der Waals surface area contributed by atoms with E-state index in [0.717, 1.165) is 0 Å². The minimum Gasteiger partial charge on any atom is -0.472 e. The van der Waals surface area contributed by atoms with Crippen LogP contribution in [0.5, 0.6) is 5.88 Å². The van der Waals surface area contributed by atoms with Gasteiger partial charge in [-0.05, 0) is 6.92 Å². The minimum atomic E-state index is -0.523. The van der Waals surface area contributed by atoms with Gasteiger partial charge in [0.1, 0.15) is 6.20 Å². The standard InChI is InChI=1S/C7H12N4O3.ClH/c1-2-14-7-6(11(12)13)5-10(9-7)4-3-8;/h5H,2-4,8H2,1H3;1H. The van der Waals surface area contributed by atoms with E-state index in [9.17, 15) is 10.1 Å². The SMILES string of the molecule is CCOc1nn(CCN)cc1[N+](=O)[O-].Cl. The smallest absolute Gasteiger partial charge is 0.350 e. The van der Waals surface area contributed by atoms with E-state index in [1.807, 2.05) is 0 Å². The summed E-state index contributed by atoms with van der Waals surface area (Å²) < 4.78 is 6.42. The highest BCUT2D eigenvalue weighted by atomic mass is 35.5. The van der Waals surface area contributed by atoms with E-state index in [1.54, 1.807) is 6.92 Å². The maximum atomic E-state index is 10.6. The fourth-order valence-corrected chi connectivity index (χ4v) is 1.00. The Morgan fingerprint density at radius 2 is 2.40 bits per heavy atom. The molecule has 2 N–H and O–H groups in total. The number of rotatable bonds is 5. The zero-order valence-corrected chi connectivity index (χ0v) is 9.07. The van der Waals surface area contributed by atoms with Gasteiger partial charge in [-0.15, -0.1) is 17.5 Å². The van der Waals surface area contributed by atoms with Crippen molar-refractivity contribution in [1.82, 2.24) is 9.78 Å². The van der Waals surface area contributed by atoms with E-state index < -0.39 is 4.92 Å². The molecule has 0 radical (unpaired) electrons. The van der Waals surface area contributed by atoms with Crippen molar-refractivity contribution in [2.75, 3.05) is 13.2 Å². The van der Waals surface area contributed by atoms with Crippen LogP contribution in [0, 0.1) is 10.1 Å². The van der Waals surface area contributed by atoms with Crippen LogP contribution < -0.4 is 10.5 Å². The maximum absolute atomic E-state index is 10.6. The third-order valence-electron chi connectivity index (χ3n) is 1.55. The molecule has 7 nitrogen and oxygen atoms in total. The molecule has 1 aromatic rings. The number of nitrogens with zero attached hydrogens (tertiary/aromatic N) is 3. The Balaban J connectivity index is 0.00000196. The number of aromatic nitrogens is 2. The molecule has 0 aliphatic rings. The van der Waals surface area contributed by atoms with Gasteiger partial charge in [-0.2, -0.15) is 0 Å². The quantitative estimate of drug-likeness (QED) is 0.596. The van der Waals surface area contributed by atoms with Crippen molar-refractivity contribution in [3.63, 3.8) is 0 Å². The summed E-state index contributed by atoms with van der Waals surface area (Å²) in [7, 11) is 0. The lowest BCUT2D eigenvalue weighted by molar-refractivity contribution is -0.385. The first-order chi connectivity index (χ1) is 6.69. The zero-order chi connectivity index (χ0) is 10.6. The summed E-state index contributed by atoms with van der Waals surface area (Å²) in [6, 6.07) is 0. The molecule has 0 spiro atoms. The molecule has 15 heavy (non-hydrogen) atoms. The second-order valence-electron chi connectivity index (χ2n) is 2.56. The number of hydrogen-bond donors (Lipinski definition) is 1. The highest BCUT2D eigenvalue weighted by Crippen LogP contribution is 2.24. The van der Waals surface area contributed by atoms with Crippen molar-refractivity contribution in [2.24, 2.45) is 5.73 Å². The normalized spacial score (nSPS) is 9.47. The van der Waals surface area contributed by atoms with Gasteiger partial charge in [0.05, 0.1) is 18.1 Å². The Kier molecular flexibility index (Phi) is 5.65. The van der Waals surface area contributed by atoms with Gasteiger partial charge in [-0.1, -0.05) is 0 Å². The molecule has 0 bridgehead atoms. The largest absolute Gasteiger partial charge is 0.472 e. The molecule has 1 heterocycles. The first kappa shape index (κ1) is 13.7. The van der Waals surface area contributed by atoms with Crippen molar-refractivity contribution in [3.8, 4) is 5.88 Å². The molecule has 0 saturated carbocycles. The molecule has 0 fully saturated rings. The Hall–Kier alpha value is -1.34. The average Bonchev–Trinajstić information content (AvgIpc) is 2.49. The first-order valence-electron chi connectivity index (χ1n) is 4.23. The molecule has 0 amide bonds. The molecule has 8 heteroatoms. The number of halogens is 1. The molecular weight excluding hydrogens is 224 g/mol. The molecule has 0 atom stereocenters. The third-order valence-corrected chi connectivity index (χ3v) is 1.55. The number of hydrogen-bond acceptors (Lipinski definition) is 5. The molecule has 0 aromatic carbocycles. The highest BCUT2D eigenvalue weighted by Gasteiger charge is 2.20. The highest BCUT2D eigenvalue weighted by molar-refractivity contribution is 5.85. The van der Waals surface area contributed by atoms with Gasteiger partial charge < -0.3 is 10.5 Å². The van der Waals surface area contributed by atoms with Gasteiger partial charge >= 0.3 is 11.6 Å². The lowest BCUT2D eigenvalue weighted by atomic mass is 10.5. The fraction of sp³-hybridized carbons (Fsp3) is 0.571. The van der Waals surface area contributed by atoms with Crippen molar-refractivity contribution in [3.05, 3.63) is 16.3 Å². The van der Waals surface area contributed by atoms with Gasteiger partial charge in [0.25, 0.3) is 0 Å². The molecule has 0 unspecified atom stereocenters. The van der Waals surface area contributed by atoms with Gasteiger partial charge in [0.15, 0.2) is 0 Å². The first-order valence-corrected chi connectivity index (χ1v) is 4.23. The zero-order valence-electron chi connectivity index (χ0n) is 8.25. The van der Waals surface area contributed by atoms with E-state index in [2.05, 4.69) is 5.10 Å². The Bertz CT molecular complexity index is 328. The van der Waals surface area contributed by atoms with Crippen LogP contribution in [0.15, 0.2) is 6.20 Å². The van der Waals surface area contributed by atoms with Crippen LogP contribution >= 0.6 is 12.4 Å². The van der Waals surface area contributed by atoms with E-state index in [0.29, 0.717) is 19.7 Å². The van der Waals surface area contributed by atoms with Crippen LogP contribution in [0.1, 0.15) is 6.92 Å². The lowest BCUT2D eigenvalue weighted by Gasteiger charge is -1.96. The minimum absolute atomic E-state index is 0. The molecule has 0 aliphatic heterocycles. The monoisotopic (exact) mass is 236 g/mol. The molecule has 1 rings (SSSR count). The summed E-state index contributed by atoms with van der Waals surface area (Å²) in [6.45, 7) is 2.91. The summed E-state index contributed by atoms with van der Waals surface area (Å²) >= 11 is 0. The van der Waals surface area contributed by atoms with Gasteiger partial charge in [-0.25, -0.2) is 0 Å². The summed E-state index contributed by atoms with van der Waals surface area (Å²) in [5.41, 5.74) is 5.17. The Morgan fingerprint density at radius 3 is 2.87 bits per heavy atom. The number of nitrogens with two attached hydrogens (primary N) is 1. The van der Waals surface area contributed by atoms with E-state index >= 15 is 0 Å². The lowest BCUT2D eigenvalue weighted by Crippen LogP contribution is -2.10. The van der Waals surface area contributed by atoms with Crippen LogP contribution in [0.4, 0.5) is 5.69 Å². The van der Waals surface area contributed by atoms with E-state index in [4.69, 9.17) is 10.5 Å². The van der Waals surface area contributed by atoms with Crippen LogP contribution in [-0.4, -0.2) is 27.9 Å². The fourth-order valence-electron chi connectivity index (χ4n) is 1.00. The van der Waals surface area contributed by atoms with Gasteiger partial charge in [0, 0.05) is 6.54 Å². The van der Waals surface area contributed by atoms with E-state index in [1.165, 1.54) is 10.9 Å². The molecule has 0 saturated heterocycles. The van der Waals surface area contributed by atoms with Crippen LogP contribution in [-0.2, 0) is 6.54 Å². The number of ether oxygens (including phenoxy) is 1. The second-order valence-corrected chi connectivity index (χ2v) is 2.56. The third kappa shape index (κ3) is 3.37. The molecule has 0 aliphatic carbocycles. The van der Waals surface area contributed by atoms with Crippen LogP contribution in [0.25, 0.3) is 0 Å². The van der Waals surface area contributed by atoms with Crippen molar-refractivity contribution in [2.45, 2.75) is 13.5 Å². The topological polar surface area (TPSA) is 96.2 Å². The summed E-state index contributed by atoms with van der Waals surface area (Å²) in [6.07, 6.45) is 1.32. The second kappa shape index (κ2) is 6.20. The molecular formula is C7H13ClN4O3. The van der Waals surface area contributed by atoms with Crippen molar-refractivity contribution >= 4 is 18.1 Å². The van der Waals surface area contributed by atoms with Crippen LogP contribution in [0.3, 0.4) is 0 Å². The van der Waals surface area contributed by atoms with Gasteiger partial charge in [-0.3, -0.25) is 14.8 Å². The predicted octanol–water partition coefficient (Wildman–Crippen LogP) is 0.570. The molecule has 1 aromatic heterocycles. The van der Waals surface area contributed by atoms with Crippen LogP contribution in [0.2, 0.25) is 0 Å². The summed E-state index contributed by atoms with van der Waals surface area (Å²) in [5.74, 6) is 0.0472. The number of nitro groups is 1. The summed E-state index contributed by atoms with van der Waals surface area (Å²) in [4.78, 5) is 10.0. The van der Waals surface area contributed by atoms with Crippen molar-refractivity contribution in [1.29, 1.82) is 0 Å². The summed E-state index contributed by atoms with van der Waals surface area (Å²) in [5, 5.41) is 14.4.